The number of nitrogens with one attached hydrogen (secondary N) is 2. The van der Waals surface area contributed by atoms with Crippen LogP contribution in [0.5, 0.6) is 0 Å². The molecular formula is C18H24N2O3. The second kappa shape index (κ2) is 7.31. The summed E-state index contributed by atoms with van der Waals surface area (Å²) < 4.78 is 0. The van der Waals surface area contributed by atoms with Gasteiger partial charge in [-0.2, -0.15) is 0 Å². The zero-order valence-corrected chi connectivity index (χ0v) is 13.8. The van der Waals surface area contributed by atoms with Crippen LogP contribution in [0.25, 0.3) is 10.9 Å². The molecule has 0 radical (unpaired) electrons. The number of hydrogen-bond acceptors (Lipinski definition) is 2. The van der Waals surface area contributed by atoms with Crippen molar-refractivity contribution in [2.75, 3.05) is 0 Å². The third-order valence-corrected chi connectivity index (χ3v) is 4.34. The Balaban J connectivity index is 2.00. The van der Waals surface area contributed by atoms with Gasteiger partial charge in [0.05, 0.1) is 0 Å². The molecule has 0 bridgehead atoms. The van der Waals surface area contributed by atoms with E-state index in [-0.39, 0.29) is 18.2 Å². The van der Waals surface area contributed by atoms with E-state index in [2.05, 4.69) is 16.4 Å². The second-order valence-corrected chi connectivity index (χ2v) is 6.13. The number of aromatic nitrogens is 1. The van der Waals surface area contributed by atoms with Gasteiger partial charge in [-0.3, -0.25) is 4.79 Å². The largest absolute Gasteiger partial charge is 0.480 e. The molecule has 0 aliphatic rings. The summed E-state index contributed by atoms with van der Waals surface area (Å²) in [7, 11) is 0. The van der Waals surface area contributed by atoms with Crippen LogP contribution in [0.15, 0.2) is 24.4 Å². The smallest absolute Gasteiger partial charge is 0.326 e. The Hall–Kier alpha value is -2.30. The van der Waals surface area contributed by atoms with Gasteiger partial charge in [0, 0.05) is 23.5 Å². The number of hydrogen-bond donors (Lipinski definition) is 3. The van der Waals surface area contributed by atoms with E-state index in [4.69, 9.17) is 0 Å². The average Bonchev–Trinajstić information content (AvgIpc) is 2.91. The maximum Gasteiger partial charge on any atom is 0.326 e. The normalized spacial score (nSPS) is 13.7. The maximum atomic E-state index is 12.1. The first-order chi connectivity index (χ1) is 10.9. The molecule has 2 unspecified atom stereocenters. The summed E-state index contributed by atoms with van der Waals surface area (Å²) in [6, 6.07) is 5.34. The molecule has 0 saturated heterocycles. The number of benzene rings is 1. The molecule has 1 amide bonds. The molecule has 3 N–H and O–H groups in total. The molecule has 1 aromatic heterocycles. The van der Waals surface area contributed by atoms with E-state index < -0.39 is 12.0 Å². The van der Waals surface area contributed by atoms with Gasteiger partial charge in [0.15, 0.2) is 0 Å². The minimum Gasteiger partial charge on any atom is -0.480 e. The van der Waals surface area contributed by atoms with Crippen LogP contribution in [0.1, 0.15) is 37.8 Å². The standard InChI is InChI=1S/C18H24N2O3/c1-4-12(3)17(18(22)23)20-16(21)8-6-13-10-19-15-7-5-11(2)9-14(13)15/h5,7,9-10,12,17,19H,4,6,8H2,1-3H3,(H,20,21)(H,22,23). The number of H-pyrrole nitrogens is 1. The third kappa shape index (κ3) is 4.12. The Labute approximate surface area is 136 Å². The van der Waals surface area contributed by atoms with E-state index in [0.29, 0.717) is 12.8 Å². The second-order valence-electron chi connectivity index (χ2n) is 6.13. The van der Waals surface area contributed by atoms with E-state index in [9.17, 15) is 14.7 Å². The maximum absolute atomic E-state index is 12.1. The van der Waals surface area contributed by atoms with E-state index in [1.165, 1.54) is 5.56 Å². The molecule has 0 fully saturated rings. The van der Waals surface area contributed by atoms with Gasteiger partial charge in [-0.1, -0.05) is 31.9 Å². The van der Waals surface area contributed by atoms with Crippen LogP contribution in [0, 0.1) is 12.8 Å². The summed E-state index contributed by atoms with van der Waals surface area (Å²) in [6.45, 7) is 5.79. The lowest BCUT2D eigenvalue weighted by Gasteiger charge is -2.20. The summed E-state index contributed by atoms with van der Waals surface area (Å²) in [5.41, 5.74) is 3.30. The molecule has 5 heteroatoms. The van der Waals surface area contributed by atoms with E-state index >= 15 is 0 Å². The van der Waals surface area contributed by atoms with Gasteiger partial charge in [-0.25, -0.2) is 4.79 Å². The molecular weight excluding hydrogens is 292 g/mol. The van der Waals surface area contributed by atoms with Crippen molar-refractivity contribution in [2.24, 2.45) is 5.92 Å². The fourth-order valence-electron chi connectivity index (χ4n) is 2.68. The average molecular weight is 316 g/mol. The van der Waals surface area contributed by atoms with Gasteiger partial charge in [0.25, 0.3) is 0 Å². The highest BCUT2D eigenvalue weighted by molar-refractivity contribution is 5.86. The Bertz CT molecular complexity index is 705. The van der Waals surface area contributed by atoms with Crippen molar-refractivity contribution < 1.29 is 14.7 Å². The zero-order chi connectivity index (χ0) is 17.0. The van der Waals surface area contributed by atoms with Crippen LogP contribution in [0.2, 0.25) is 0 Å². The molecule has 0 aliphatic heterocycles. The summed E-state index contributed by atoms with van der Waals surface area (Å²) in [4.78, 5) is 26.6. The van der Waals surface area contributed by atoms with Gasteiger partial charge < -0.3 is 15.4 Å². The SMILES string of the molecule is CCC(C)C(NC(=O)CCc1c[nH]c2ccc(C)cc12)C(=O)O. The van der Waals surface area contributed by atoms with E-state index in [0.717, 1.165) is 16.5 Å². The van der Waals surface area contributed by atoms with Gasteiger partial charge in [-0.15, -0.1) is 0 Å². The van der Waals surface area contributed by atoms with Crippen LogP contribution in [0.4, 0.5) is 0 Å². The molecule has 23 heavy (non-hydrogen) atoms. The molecule has 1 heterocycles. The lowest BCUT2D eigenvalue weighted by molar-refractivity contribution is -0.143. The van der Waals surface area contributed by atoms with Crippen LogP contribution in [-0.4, -0.2) is 28.0 Å². The highest BCUT2D eigenvalue weighted by Gasteiger charge is 2.25. The van der Waals surface area contributed by atoms with Crippen molar-refractivity contribution in [3.05, 3.63) is 35.5 Å². The molecule has 2 aromatic rings. The number of carbonyl (C=O) groups is 2. The first kappa shape index (κ1) is 17.1. The third-order valence-electron chi connectivity index (χ3n) is 4.34. The highest BCUT2D eigenvalue weighted by atomic mass is 16.4. The molecule has 2 atom stereocenters. The number of carboxylic acid groups (broad SMARTS) is 1. The minimum atomic E-state index is -0.976. The molecule has 124 valence electrons. The zero-order valence-electron chi connectivity index (χ0n) is 13.8. The van der Waals surface area contributed by atoms with Crippen molar-refractivity contribution in [1.29, 1.82) is 0 Å². The quantitative estimate of drug-likeness (QED) is 0.734. The van der Waals surface area contributed by atoms with Crippen LogP contribution in [-0.2, 0) is 16.0 Å². The summed E-state index contributed by atoms with van der Waals surface area (Å²) in [6.07, 6.45) is 3.49. The van der Waals surface area contributed by atoms with Crippen molar-refractivity contribution in [2.45, 2.75) is 46.1 Å². The van der Waals surface area contributed by atoms with E-state index in [1.54, 1.807) is 0 Å². The number of amides is 1. The number of aryl methyl sites for hydroxylation is 2. The Morgan fingerprint density at radius 3 is 2.74 bits per heavy atom. The number of carboxylic acids is 1. The Kier molecular flexibility index (Phi) is 5.42. The lowest BCUT2D eigenvalue weighted by atomic mass is 9.99. The fraction of sp³-hybridized carbons (Fsp3) is 0.444. The number of carbonyl (C=O) groups excluding carboxylic acids is 1. The summed E-state index contributed by atoms with van der Waals surface area (Å²) in [5.74, 6) is -1.29. The fourth-order valence-corrected chi connectivity index (χ4v) is 2.68. The molecule has 0 aliphatic carbocycles. The van der Waals surface area contributed by atoms with Crippen molar-refractivity contribution >= 4 is 22.8 Å². The predicted molar refractivity (Wildman–Crippen MR) is 90.4 cm³/mol. The Morgan fingerprint density at radius 2 is 2.09 bits per heavy atom. The molecule has 0 saturated carbocycles. The topological polar surface area (TPSA) is 82.2 Å². The van der Waals surface area contributed by atoms with Crippen LogP contribution in [0.3, 0.4) is 0 Å². The monoisotopic (exact) mass is 316 g/mol. The first-order valence-corrected chi connectivity index (χ1v) is 8.01. The highest BCUT2D eigenvalue weighted by Crippen LogP contribution is 2.21. The summed E-state index contributed by atoms with van der Waals surface area (Å²) in [5, 5.41) is 13.0. The summed E-state index contributed by atoms with van der Waals surface area (Å²) >= 11 is 0. The van der Waals surface area contributed by atoms with Crippen molar-refractivity contribution in [1.82, 2.24) is 10.3 Å². The van der Waals surface area contributed by atoms with Gasteiger partial charge in [0.2, 0.25) is 5.91 Å². The van der Waals surface area contributed by atoms with Gasteiger partial charge in [-0.05, 0) is 37.0 Å². The number of fused-ring (bicyclic) bond motifs is 1. The molecule has 0 spiro atoms. The predicted octanol–water partition coefficient (Wildman–Crippen LogP) is 3.02. The minimum absolute atomic E-state index is 0.0906. The van der Waals surface area contributed by atoms with E-state index in [1.807, 2.05) is 39.1 Å². The van der Waals surface area contributed by atoms with Crippen molar-refractivity contribution in [3.8, 4) is 0 Å². The van der Waals surface area contributed by atoms with Crippen molar-refractivity contribution in [3.63, 3.8) is 0 Å². The van der Waals surface area contributed by atoms with Gasteiger partial charge in [0.1, 0.15) is 6.04 Å². The molecule has 2 rings (SSSR count). The Morgan fingerprint density at radius 1 is 1.35 bits per heavy atom. The number of aliphatic carboxylic acids is 1. The number of rotatable bonds is 7. The lowest BCUT2D eigenvalue weighted by Crippen LogP contribution is -2.45. The molecule has 5 nitrogen and oxygen atoms in total. The van der Waals surface area contributed by atoms with Crippen LogP contribution < -0.4 is 5.32 Å². The molecule has 1 aromatic carbocycles. The first-order valence-electron chi connectivity index (χ1n) is 8.01. The van der Waals surface area contributed by atoms with Gasteiger partial charge >= 0.3 is 5.97 Å². The van der Waals surface area contributed by atoms with Crippen LogP contribution >= 0.6 is 0 Å². The number of aromatic amines is 1.